The second kappa shape index (κ2) is 10.7. The molecule has 1 saturated heterocycles. The van der Waals surface area contributed by atoms with Gasteiger partial charge in [-0.3, -0.25) is 0 Å². The summed E-state index contributed by atoms with van der Waals surface area (Å²) in [6.45, 7) is 15.2. The summed E-state index contributed by atoms with van der Waals surface area (Å²) in [6, 6.07) is 0. The number of allylic oxidation sites excluding steroid dienone is 1. The lowest BCUT2D eigenvalue weighted by Crippen LogP contribution is -2.41. The highest BCUT2D eigenvalue weighted by Crippen LogP contribution is 2.23. The number of ether oxygens (including phenoxy) is 1. The predicted molar refractivity (Wildman–Crippen MR) is 106 cm³/mol. The number of likely N-dealkylation sites (tertiary alicyclic amines) is 1. The van der Waals surface area contributed by atoms with Crippen LogP contribution in [0.15, 0.2) is 11.8 Å². The lowest BCUT2D eigenvalue weighted by Gasteiger charge is -2.33. The minimum absolute atomic E-state index is 0.158. The maximum atomic E-state index is 12.1. The number of hydrogen-bond acceptors (Lipinski definition) is 3. The number of rotatable bonds is 8. The van der Waals surface area contributed by atoms with Crippen molar-refractivity contribution < 1.29 is 9.53 Å². The molecule has 1 heterocycles. The molecule has 1 fully saturated rings. The number of hydrogen-bond donors (Lipinski definition) is 1. The fourth-order valence-corrected chi connectivity index (χ4v) is 3.26. The van der Waals surface area contributed by atoms with Gasteiger partial charge in [-0.2, -0.15) is 0 Å². The van der Waals surface area contributed by atoms with E-state index < -0.39 is 5.60 Å². The van der Waals surface area contributed by atoms with Crippen LogP contribution in [0.3, 0.4) is 0 Å². The average molecular weight is 353 g/mol. The van der Waals surface area contributed by atoms with Crippen LogP contribution in [-0.2, 0) is 4.74 Å². The first-order chi connectivity index (χ1) is 11.7. The maximum absolute atomic E-state index is 12.1. The monoisotopic (exact) mass is 352 g/mol. The molecule has 25 heavy (non-hydrogen) atoms. The van der Waals surface area contributed by atoms with Gasteiger partial charge in [0.05, 0.1) is 0 Å². The molecule has 0 aromatic heterocycles. The Morgan fingerprint density at radius 2 is 1.96 bits per heavy atom. The SMILES string of the molecule is CCCC(C)/C(C)=C\NCCCC1CCN(C(=O)OC(C)(C)C)CC1. The molecule has 1 N–H and O–H groups in total. The zero-order chi connectivity index (χ0) is 18.9. The lowest BCUT2D eigenvalue weighted by atomic mass is 9.92. The normalized spacial score (nSPS) is 18.2. The first-order valence-electron chi connectivity index (χ1n) is 10.1. The van der Waals surface area contributed by atoms with E-state index in [0.29, 0.717) is 5.92 Å². The van der Waals surface area contributed by atoms with Gasteiger partial charge in [0.25, 0.3) is 0 Å². The molecular weight excluding hydrogens is 312 g/mol. The summed E-state index contributed by atoms with van der Waals surface area (Å²) in [6.07, 6.45) is 9.19. The first-order valence-corrected chi connectivity index (χ1v) is 10.1. The fraction of sp³-hybridized carbons (Fsp3) is 0.857. The third-order valence-corrected chi connectivity index (χ3v) is 5.03. The van der Waals surface area contributed by atoms with E-state index in [1.54, 1.807) is 0 Å². The molecule has 1 amide bonds. The summed E-state index contributed by atoms with van der Waals surface area (Å²) in [7, 11) is 0. The molecule has 1 aliphatic heterocycles. The van der Waals surface area contributed by atoms with E-state index in [1.165, 1.54) is 31.3 Å². The van der Waals surface area contributed by atoms with Crippen molar-refractivity contribution in [2.24, 2.45) is 11.8 Å². The number of carbonyl (C=O) groups excluding carboxylic acids is 1. The third kappa shape index (κ3) is 9.18. The molecular formula is C21H40N2O2. The molecule has 1 atom stereocenters. The van der Waals surface area contributed by atoms with Crippen LogP contribution in [0.5, 0.6) is 0 Å². The quantitative estimate of drug-likeness (QED) is 0.599. The zero-order valence-corrected chi connectivity index (χ0v) is 17.4. The Hall–Kier alpha value is -1.19. The Bertz CT molecular complexity index is 418. The average Bonchev–Trinajstić information content (AvgIpc) is 2.53. The summed E-state index contributed by atoms with van der Waals surface area (Å²) in [5.41, 5.74) is 1.05. The van der Waals surface area contributed by atoms with Gasteiger partial charge < -0.3 is 15.0 Å². The molecule has 0 bridgehead atoms. The Kier molecular flexibility index (Phi) is 9.37. The van der Waals surface area contributed by atoms with E-state index in [1.807, 2.05) is 25.7 Å². The van der Waals surface area contributed by atoms with Gasteiger partial charge in [-0.05, 0) is 77.8 Å². The van der Waals surface area contributed by atoms with Crippen LogP contribution in [0.4, 0.5) is 4.79 Å². The van der Waals surface area contributed by atoms with Crippen LogP contribution >= 0.6 is 0 Å². The van der Waals surface area contributed by atoms with Crippen LogP contribution in [0.2, 0.25) is 0 Å². The minimum Gasteiger partial charge on any atom is -0.444 e. The van der Waals surface area contributed by atoms with Gasteiger partial charge in [0.15, 0.2) is 0 Å². The molecule has 1 rings (SSSR count). The van der Waals surface area contributed by atoms with E-state index in [0.717, 1.165) is 38.4 Å². The molecule has 1 aliphatic rings. The standard InChI is InChI=1S/C21H40N2O2/c1-7-9-17(2)18(3)16-22-13-8-10-19-11-14-23(15-12-19)20(24)25-21(4,5)6/h16-17,19,22H,7-15H2,1-6H3/b18-16-. The topological polar surface area (TPSA) is 41.6 Å². The van der Waals surface area contributed by atoms with Crippen molar-refractivity contribution in [1.82, 2.24) is 10.2 Å². The Labute approximate surface area is 155 Å². The van der Waals surface area contributed by atoms with Crippen molar-refractivity contribution in [3.8, 4) is 0 Å². The molecule has 0 aromatic rings. The van der Waals surface area contributed by atoms with Gasteiger partial charge in [-0.25, -0.2) is 4.79 Å². The molecule has 146 valence electrons. The zero-order valence-electron chi connectivity index (χ0n) is 17.4. The molecule has 1 unspecified atom stereocenters. The van der Waals surface area contributed by atoms with Crippen molar-refractivity contribution in [1.29, 1.82) is 0 Å². The van der Waals surface area contributed by atoms with Crippen molar-refractivity contribution in [2.75, 3.05) is 19.6 Å². The summed E-state index contributed by atoms with van der Waals surface area (Å²) in [4.78, 5) is 13.9. The number of nitrogens with zero attached hydrogens (tertiary/aromatic N) is 1. The molecule has 0 aromatic carbocycles. The van der Waals surface area contributed by atoms with Gasteiger partial charge in [0.1, 0.15) is 5.60 Å². The Morgan fingerprint density at radius 3 is 2.52 bits per heavy atom. The highest BCUT2D eigenvalue weighted by molar-refractivity contribution is 5.68. The van der Waals surface area contributed by atoms with Gasteiger partial charge in [-0.15, -0.1) is 0 Å². The Morgan fingerprint density at radius 1 is 1.32 bits per heavy atom. The van der Waals surface area contributed by atoms with Crippen molar-refractivity contribution in [2.45, 2.75) is 85.7 Å². The summed E-state index contributed by atoms with van der Waals surface area (Å²) in [5, 5.41) is 3.47. The van der Waals surface area contributed by atoms with E-state index in [-0.39, 0.29) is 6.09 Å². The van der Waals surface area contributed by atoms with Crippen molar-refractivity contribution in [3.05, 3.63) is 11.8 Å². The Balaban J connectivity index is 2.17. The van der Waals surface area contributed by atoms with E-state index >= 15 is 0 Å². The van der Waals surface area contributed by atoms with Crippen LogP contribution in [0.25, 0.3) is 0 Å². The summed E-state index contributed by atoms with van der Waals surface area (Å²) in [5.74, 6) is 1.42. The highest BCUT2D eigenvalue weighted by atomic mass is 16.6. The van der Waals surface area contributed by atoms with Gasteiger partial charge >= 0.3 is 6.09 Å². The maximum Gasteiger partial charge on any atom is 0.410 e. The second-order valence-corrected chi connectivity index (χ2v) is 8.59. The minimum atomic E-state index is -0.403. The van der Waals surface area contributed by atoms with Crippen molar-refractivity contribution >= 4 is 6.09 Å². The molecule has 0 spiro atoms. The number of amides is 1. The van der Waals surface area contributed by atoms with Crippen LogP contribution < -0.4 is 5.32 Å². The van der Waals surface area contributed by atoms with E-state index in [9.17, 15) is 4.79 Å². The van der Waals surface area contributed by atoms with Crippen LogP contribution in [0.1, 0.15) is 80.1 Å². The number of piperidine rings is 1. The number of carbonyl (C=O) groups is 1. The van der Waals surface area contributed by atoms with E-state index in [2.05, 4.69) is 32.3 Å². The molecule has 0 radical (unpaired) electrons. The molecule has 4 nitrogen and oxygen atoms in total. The first kappa shape index (κ1) is 21.9. The third-order valence-electron chi connectivity index (χ3n) is 5.03. The second-order valence-electron chi connectivity index (χ2n) is 8.59. The summed E-state index contributed by atoms with van der Waals surface area (Å²) >= 11 is 0. The van der Waals surface area contributed by atoms with Gasteiger partial charge in [0, 0.05) is 19.6 Å². The van der Waals surface area contributed by atoms with Gasteiger partial charge in [-0.1, -0.05) is 25.8 Å². The summed E-state index contributed by atoms with van der Waals surface area (Å²) < 4.78 is 5.45. The fourth-order valence-electron chi connectivity index (χ4n) is 3.26. The van der Waals surface area contributed by atoms with Crippen LogP contribution in [0, 0.1) is 11.8 Å². The van der Waals surface area contributed by atoms with Crippen molar-refractivity contribution in [3.63, 3.8) is 0 Å². The largest absolute Gasteiger partial charge is 0.444 e. The van der Waals surface area contributed by atoms with Crippen LogP contribution in [-0.4, -0.2) is 36.2 Å². The lowest BCUT2D eigenvalue weighted by molar-refractivity contribution is 0.0180. The molecule has 4 heteroatoms. The highest BCUT2D eigenvalue weighted by Gasteiger charge is 2.26. The number of nitrogens with one attached hydrogen (secondary N) is 1. The van der Waals surface area contributed by atoms with E-state index in [4.69, 9.17) is 4.74 Å². The van der Waals surface area contributed by atoms with Gasteiger partial charge in [0.2, 0.25) is 0 Å². The molecule has 0 saturated carbocycles. The predicted octanol–water partition coefficient (Wildman–Crippen LogP) is 5.34. The molecule has 0 aliphatic carbocycles. The smallest absolute Gasteiger partial charge is 0.410 e.